The number of piperidine rings is 1. The molecule has 2 aromatic rings. The van der Waals surface area contributed by atoms with Crippen LogP contribution >= 0.6 is 0 Å². The first-order valence-corrected chi connectivity index (χ1v) is 14.6. The van der Waals surface area contributed by atoms with Gasteiger partial charge in [-0.1, -0.05) is 32.0 Å². The molecule has 1 saturated heterocycles. The first-order valence-electron chi connectivity index (χ1n) is 12.7. The number of nitrogens with zero attached hydrogens (tertiary/aromatic N) is 2. The van der Waals surface area contributed by atoms with Crippen LogP contribution in [0, 0.1) is 11.8 Å². The molecule has 1 aromatic carbocycles. The smallest absolute Gasteiger partial charge is 0.209 e. The number of rotatable bonds is 8. The number of benzene rings is 1. The molecule has 2 fully saturated rings. The van der Waals surface area contributed by atoms with Crippen LogP contribution in [0.4, 0.5) is 0 Å². The summed E-state index contributed by atoms with van der Waals surface area (Å²) in [5.74, 6) is 1.69. The summed E-state index contributed by atoms with van der Waals surface area (Å²) in [5.41, 5.74) is 3.23. The molecule has 7 heteroatoms. The van der Waals surface area contributed by atoms with Crippen molar-refractivity contribution in [3.8, 4) is 0 Å². The van der Waals surface area contributed by atoms with Crippen molar-refractivity contribution in [3.63, 3.8) is 0 Å². The van der Waals surface area contributed by atoms with Gasteiger partial charge in [0.15, 0.2) is 0 Å². The number of sulfonamides is 1. The molecule has 1 aliphatic heterocycles. The van der Waals surface area contributed by atoms with Crippen LogP contribution in [-0.4, -0.2) is 55.0 Å². The summed E-state index contributed by atoms with van der Waals surface area (Å²) in [6.07, 6.45) is 9.31. The fourth-order valence-corrected chi connectivity index (χ4v) is 6.63. The number of aliphatic hydroxyl groups is 1. The molecule has 4 rings (SSSR count). The van der Waals surface area contributed by atoms with Crippen molar-refractivity contribution in [2.24, 2.45) is 11.8 Å². The Balaban J connectivity index is 1.53. The lowest BCUT2D eigenvalue weighted by Gasteiger charge is -2.42. The van der Waals surface area contributed by atoms with Crippen LogP contribution in [0.25, 0.3) is 10.9 Å². The number of likely N-dealkylation sites (tertiary alicyclic amines) is 1. The van der Waals surface area contributed by atoms with Crippen LogP contribution in [0.5, 0.6) is 0 Å². The van der Waals surface area contributed by atoms with Gasteiger partial charge < -0.3 is 14.6 Å². The topological polar surface area (TPSA) is 74.6 Å². The normalized spacial score (nSPS) is 23.5. The van der Waals surface area contributed by atoms with Gasteiger partial charge in [-0.2, -0.15) is 0 Å². The summed E-state index contributed by atoms with van der Waals surface area (Å²) in [6.45, 7) is 7.27. The number of nitrogens with one attached hydrogen (secondary N) is 1. The van der Waals surface area contributed by atoms with Gasteiger partial charge in [-0.15, -0.1) is 0 Å². The second-order valence-electron chi connectivity index (χ2n) is 10.5. The molecule has 0 amide bonds. The zero-order chi connectivity index (χ0) is 23.6. The summed E-state index contributed by atoms with van der Waals surface area (Å²) >= 11 is 0. The van der Waals surface area contributed by atoms with E-state index >= 15 is 0 Å². The molecule has 1 saturated carbocycles. The third-order valence-electron chi connectivity index (χ3n) is 8.05. The monoisotopic (exact) mass is 475 g/mol. The van der Waals surface area contributed by atoms with Crippen LogP contribution < -0.4 is 4.72 Å². The number of hydrogen-bond donors (Lipinski definition) is 2. The SMILES string of the molecule is CC(C)[C@H]1CC[C@@H](N2CCC(n3c(CCO)c(CNS(C)(=O)=O)c4ccccc43)CC2)CC1. The van der Waals surface area contributed by atoms with Crippen LogP contribution in [-0.2, 0) is 23.0 Å². The molecule has 0 spiro atoms. The van der Waals surface area contributed by atoms with E-state index in [9.17, 15) is 13.5 Å². The Bertz CT molecular complexity index is 1030. The van der Waals surface area contributed by atoms with Crippen LogP contribution in [0.2, 0.25) is 0 Å². The van der Waals surface area contributed by atoms with E-state index in [1.807, 2.05) is 6.07 Å². The highest BCUT2D eigenvalue weighted by atomic mass is 32.2. The molecular weight excluding hydrogens is 434 g/mol. The Labute approximate surface area is 199 Å². The van der Waals surface area contributed by atoms with Crippen molar-refractivity contribution in [2.75, 3.05) is 26.0 Å². The van der Waals surface area contributed by atoms with Crippen LogP contribution in [0.1, 0.15) is 69.7 Å². The van der Waals surface area contributed by atoms with E-state index in [2.05, 4.69) is 46.2 Å². The fourth-order valence-electron chi connectivity index (χ4n) is 6.22. The zero-order valence-corrected chi connectivity index (χ0v) is 21.3. The quantitative estimate of drug-likeness (QED) is 0.603. The van der Waals surface area contributed by atoms with Gasteiger partial charge in [-0.25, -0.2) is 13.1 Å². The van der Waals surface area contributed by atoms with Crippen molar-refractivity contribution in [2.45, 2.75) is 77.4 Å². The molecule has 0 radical (unpaired) electrons. The van der Waals surface area contributed by atoms with Gasteiger partial charge >= 0.3 is 0 Å². The van der Waals surface area contributed by atoms with Gasteiger partial charge in [0.25, 0.3) is 0 Å². The lowest BCUT2D eigenvalue weighted by atomic mass is 9.79. The van der Waals surface area contributed by atoms with E-state index < -0.39 is 10.0 Å². The van der Waals surface area contributed by atoms with E-state index in [0.717, 1.165) is 66.0 Å². The molecule has 1 aliphatic carbocycles. The van der Waals surface area contributed by atoms with Crippen molar-refractivity contribution >= 4 is 20.9 Å². The second kappa shape index (κ2) is 10.5. The zero-order valence-electron chi connectivity index (χ0n) is 20.5. The van der Waals surface area contributed by atoms with E-state index in [-0.39, 0.29) is 13.2 Å². The van der Waals surface area contributed by atoms with Crippen molar-refractivity contribution in [1.29, 1.82) is 0 Å². The summed E-state index contributed by atoms with van der Waals surface area (Å²) in [6, 6.07) is 9.39. The number of fused-ring (bicyclic) bond motifs is 1. The molecule has 0 unspecified atom stereocenters. The molecule has 2 N–H and O–H groups in total. The van der Waals surface area contributed by atoms with E-state index in [1.54, 1.807) is 0 Å². The Morgan fingerprint density at radius 3 is 2.30 bits per heavy atom. The Morgan fingerprint density at radius 1 is 1.03 bits per heavy atom. The Kier molecular flexibility index (Phi) is 7.83. The third-order valence-corrected chi connectivity index (χ3v) is 8.72. The molecular formula is C26H41N3O3S. The van der Waals surface area contributed by atoms with Crippen molar-refractivity contribution < 1.29 is 13.5 Å². The summed E-state index contributed by atoms with van der Waals surface area (Å²) < 4.78 is 28.7. The first kappa shape index (κ1) is 24.7. The molecule has 0 atom stereocenters. The summed E-state index contributed by atoms with van der Waals surface area (Å²) in [7, 11) is -3.30. The maximum absolute atomic E-state index is 11.8. The highest BCUT2D eigenvalue weighted by Crippen LogP contribution is 2.37. The van der Waals surface area contributed by atoms with Gasteiger partial charge in [-0.05, 0) is 62.0 Å². The minimum absolute atomic E-state index is 0.0557. The maximum Gasteiger partial charge on any atom is 0.209 e. The van der Waals surface area contributed by atoms with E-state index in [0.29, 0.717) is 12.5 Å². The van der Waals surface area contributed by atoms with Gasteiger partial charge in [-0.3, -0.25) is 0 Å². The predicted octanol–water partition coefficient (Wildman–Crippen LogP) is 4.08. The number of hydrogen-bond acceptors (Lipinski definition) is 4. The molecule has 1 aromatic heterocycles. The predicted molar refractivity (Wildman–Crippen MR) is 135 cm³/mol. The standard InChI is InChI=1S/C26H41N3O3S/c1-19(2)20-8-10-21(11-9-20)28-15-12-22(13-16-28)29-25-7-5-4-6-23(25)24(26(29)14-17-30)18-27-33(3,31)32/h4-7,19-22,27,30H,8-18H2,1-3H3/t20-,21+. The second-order valence-corrected chi connectivity index (χ2v) is 12.3. The van der Waals surface area contributed by atoms with Crippen molar-refractivity contribution in [3.05, 3.63) is 35.5 Å². The van der Waals surface area contributed by atoms with E-state index in [1.165, 1.54) is 31.9 Å². The third kappa shape index (κ3) is 5.64. The Morgan fingerprint density at radius 2 is 1.70 bits per heavy atom. The molecule has 2 heterocycles. The number of aromatic nitrogens is 1. The van der Waals surface area contributed by atoms with Gasteiger partial charge in [0.1, 0.15) is 0 Å². The molecule has 2 aliphatic rings. The highest BCUT2D eigenvalue weighted by molar-refractivity contribution is 7.88. The first-order chi connectivity index (χ1) is 15.8. The average molecular weight is 476 g/mol. The average Bonchev–Trinajstić information content (AvgIpc) is 3.11. The van der Waals surface area contributed by atoms with Crippen molar-refractivity contribution in [1.82, 2.24) is 14.2 Å². The molecule has 0 bridgehead atoms. The van der Waals surface area contributed by atoms with Gasteiger partial charge in [0.05, 0.1) is 6.26 Å². The summed E-state index contributed by atoms with van der Waals surface area (Å²) in [4.78, 5) is 2.72. The van der Waals surface area contributed by atoms with Crippen LogP contribution in [0.3, 0.4) is 0 Å². The lowest BCUT2D eigenvalue weighted by molar-refractivity contribution is 0.0888. The molecule has 184 valence electrons. The maximum atomic E-state index is 11.8. The van der Waals surface area contributed by atoms with Gasteiger partial charge in [0, 0.05) is 61.3 Å². The summed E-state index contributed by atoms with van der Waals surface area (Å²) in [5, 5.41) is 10.9. The van der Waals surface area contributed by atoms with Crippen LogP contribution in [0.15, 0.2) is 24.3 Å². The van der Waals surface area contributed by atoms with Gasteiger partial charge in [0.2, 0.25) is 10.0 Å². The fraction of sp³-hybridized carbons (Fsp3) is 0.692. The minimum atomic E-state index is -3.30. The largest absolute Gasteiger partial charge is 0.396 e. The lowest BCUT2D eigenvalue weighted by Crippen LogP contribution is -2.44. The Hall–Kier alpha value is -1.41. The van der Waals surface area contributed by atoms with E-state index in [4.69, 9.17) is 0 Å². The minimum Gasteiger partial charge on any atom is -0.396 e. The number of para-hydroxylation sites is 1. The number of aliphatic hydroxyl groups excluding tert-OH is 1. The molecule has 33 heavy (non-hydrogen) atoms. The highest BCUT2D eigenvalue weighted by Gasteiger charge is 2.31. The molecule has 6 nitrogen and oxygen atoms in total.